The monoisotopic (exact) mass is 237 g/mol. The molecule has 0 aromatic carbocycles. The van der Waals surface area contributed by atoms with Gasteiger partial charge in [0.15, 0.2) is 5.15 Å². The average Bonchev–Trinajstić information content (AvgIpc) is 2.67. The molecule has 2 aromatic rings. The van der Waals surface area contributed by atoms with Gasteiger partial charge in [0.05, 0.1) is 12.7 Å². The van der Waals surface area contributed by atoms with Gasteiger partial charge in [-0.15, -0.1) is 10.2 Å². The lowest BCUT2D eigenvalue weighted by molar-refractivity contribution is 0.636. The molecular weight excluding hydrogens is 226 g/mol. The van der Waals surface area contributed by atoms with Gasteiger partial charge in [-0.3, -0.25) is 4.68 Å². The Kier molecular flexibility index (Phi) is 3.36. The molecule has 0 aliphatic heterocycles. The molecule has 0 unspecified atom stereocenters. The van der Waals surface area contributed by atoms with E-state index >= 15 is 0 Å². The van der Waals surface area contributed by atoms with Crippen molar-refractivity contribution in [2.24, 2.45) is 0 Å². The third-order valence-corrected chi connectivity index (χ3v) is 2.24. The summed E-state index contributed by atoms with van der Waals surface area (Å²) in [7, 11) is 0. The van der Waals surface area contributed by atoms with Crippen molar-refractivity contribution in [2.45, 2.75) is 13.5 Å². The number of hydrogen-bond donors (Lipinski definition) is 1. The van der Waals surface area contributed by atoms with Crippen molar-refractivity contribution in [1.82, 2.24) is 20.0 Å². The lowest BCUT2D eigenvalue weighted by Crippen LogP contribution is -2.11. The van der Waals surface area contributed by atoms with E-state index in [0.717, 1.165) is 18.7 Å². The smallest absolute Gasteiger partial charge is 0.151 e. The third kappa shape index (κ3) is 2.93. The number of halogens is 1. The molecule has 0 aliphatic rings. The van der Waals surface area contributed by atoms with Gasteiger partial charge in [-0.05, 0) is 24.6 Å². The molecule has 2 aromatic heterocycles. The second-order valence-corrected chi connectivity index (χ2v) is 3.84. The van der Waals surface area contributed by atoms with Crippen molar-refractivity contribution < 1.29 is 0 Å². The maximum absolute atomic E-state index is 5.63. The molecule has 2 rings (SSSR count). The minimum absolute atomic E-state index is 0.397. The fraction of sp³-hybridized carbons (Fsp3) is 0.300. The van der Waals surface area contributed by atoms with E-state index in [2.05, 4.69) is 20.6 Å². The Balaban J connectivity index is 1.82. The molecule has 1 N–H and O–H groups in total. The van der Waals surface area contributed by atoms with Gasteiger partial charge in [-0.1, -0.05) is 11.6 Å². The van der Waals surface area contributed by atoms with Gasteiger partial charge in [-0.2, -0.15) is 5.10 Å². The molecule has 0 radical (unpaired) electrons. The molecule has 6 heteroatoms. The Labute approximate surface area is 98.5 Å². The summed E-state index contributed by atoms with van der Waals surface area (Å²) in [6, 6.07) is 3.50. The van der Waals surface area contributed by atoms with Crippen LogP contribution in [-0.2, 0) is 6.54 Å². The van der Waals surface area contributed by atoms with Gasteiger partial charge in [-0.25, -0.2) is 0 Å². The molecular formula is C10H12ClN5. The molecule has 0 spiro atoms. The molecule has 2 heterocycles. The fourth-order valence-electron chi connectivity index (χ4n) is 1.30. The van der Waals surface area contributed by atoms with Crippen LogP contribution in [0, 0.1) is 6.92 Å². The van der Waals surface area contributed by atoms with E-state index in [1.807, 2.05) is 24.0 Å². The number of hydrogen-bond acceptors (Lipinski definition) is 4. The normalized spacial score (nSPS) is 10.4. The SMILES string of the molecule is Cc1cnn(CCNc2ccc(Cl)nn2)c1. The lowest BCUT2D eigenvalue weighted by Gasteiger charge is -2.04. The maximum atomic E-state index is 5.63. The van der Waals surface area contributed by atoms with Crippen LogP contribution in [-0.4, -0.2) is 26.5 Å². The summed E-state index contributed by atoms with van der Waals surface area (Å²) in [6.07, 6.45) is 3.83. The number of aromatic nitrogens is 4. The zero-order chi connectivity index (χ0) is 11.4. The standard InChI is InChI=1S/C10H12ClN5/c1-8-6-13-16(7-8)5-4-12-10-3-2-9(11)14-15-10/h2-3,6-7H,4-5H2,1H3,(H,12,15). The second-order valence-electron chi connectivity index (χ2n) is 3.45. The van der Waals surface area contributed by atoms with Crippen molar-refractivity contribution in [3.63, 3.8) is 0 Å². The number of nitrogens with zero attached hydrogens (tertiary/aromatic N) is 4. The second kappa shape index (κ2) is 4.94. The molecule has 0 aliphatic carbocycles. The topological polar surface area (TPSA) is 55.6 Å². The molecule has 5 nitrogen and oxygen atoms in total. The number of rotatable bonds is 4. The average molecular weight is 238 g/mol. The summed E-state index contributed by atoms with van der Waals surface area (Å²) in [5, 5.41) is 15.3. The van der Waals surface area contributed by atoms with Crippen LogP contribution >= 0.6 is 11.6 Å². The largest absolute Gasteiger partial charge is 0.367 e. The van der Waals surface area contributed by atoms with Gasteiger partial charge in [0.2, 0.25) is 0 Å². The number of anilines is 1. The zero-order valence-electron chi connectivity index (χ0n) is 8.89. The molecule has 0 saturated carbocycles. The van der Waals surface area contributed by atoms with E-state index < -0.39 is 0 Å². The van der Waals surface area contributed by atoms with E-state index in [0.29, 0.717) is 11.0 Å². The highest BCUT2D eigenvalue weighted by molar-refractivity contribution is 6.29. The number of nitrogens with one attached hydrogen (secondary N) is 1. The Bertz CT molecular complexity index is 450. The first-order valence-corrected chi connectivity index (χ1v) is 5.34. The highest BCUT2D eigenvalue weighted by Crippen LogP contribution is 2.05. The minimum atomic E-state index is 0.397. The minimum Gasteiger partial charge on any atom is -0.367 e. The summed E-state index contributed by atoms with van der Waals surface area (Å²) < 4.78 is 1.88. The fourth-order valence-corrected chi connectivity index (χ4v) is 1.40. The van der Waals surface area contributed by atoms with Gasteiger partial charge in [0, 0.05) is 12.7 Å². The van der Waals surface area contributed by atoms with E-state index in [4.69, 9.17) is 11.6 Å². The molecule has 16 heavy (non-hydrogen) atoms. The van der Waals surface area contributed by atoms with E-state index in [1.54, 1.807) is 12.1 Å². The molecule has 0 saturated heterocycles. The first-order valence-electron chi connectivity index (χ1n) is 4.96. The Morgan fingerprint density at radius 1 is 1.38 bits per heavy atom. The summed E-state index contributed by atoms with van der Waals surface area (Å²) in [4.78, 5) is 0. The van der Waals surface area contributed by atoms with Crippen LogP contribution in [0.3, 0.4) is 0 Å². The summed E-state index contributed by atoms with van der Waals surface area (Å²) in [6.45, 7) is 3.55. The lowest BCUT2D eigenvalue weighted by atomic mass is 10.4. The van der Waals surface area contributed by atoms with Crippen molar-refractivity contribution in [1.29, 1.82) is 0 Å². The number of aryl methyl sites for hydroxylation is 1. The molecule has 0 fully saturated rings. The first kappa shape index (κ1) is 10.9. The zero-order valence-corrected chi connectivity index (χ0v) is 9.65. The van der Waals surface area contributed by atoms with Gasteiger partial charge >= 0.3 is 0 Å². The highest BCUT2D eigenvalue weighted by atomic mass is 35.5. The van der Waals surface area contributed by atoms with Crippen molar-refractivity contribution in [3.8, 4) is 0 Å². The third-order valence-electron chi connectivity index (χ3n) is 2.04. The summed E-state index contributed by atoms with van der Waals surface area (Å²) in [5.41, 5.74) is 1.16. The Morgan fingerprint density at radius 2 is 2.25 bits per heavy atom. The van der Waals surface area contributed by atoms with Crippen molar-refractivity contribution in [2.75, 3.05) is 11.9 Å². The van der Waals surface area contributed by atoms with Crippen molar-refractivity contribution >= 4 is 17.4 Å². The molecule has 0 bridgehead atoms. The predicted octanol–water partition coefficient (Wildman–Crippen LogP) is 1.75. The van der Waals surface area contributed by atoms with E-state index in [-0.39, 0.29) is 0 Å². The van der Waals surface area contributed by atoms with Crippen LogP contribution in [0.5, 0.6) is 0 Å². The van der Waals surface area contributed by atoms with Gasteiger partial charge in [0.1, 0.15) is 5.82 Å². The summed E-state index contributed by atoms with van der Waals surface area (Å²) in [5.74, 6) is 0.716. The predicted molar refractivity (Wildman–Crippen MR) is 62.5 cm³/mol. The van der Waals surface area contributed by atoms with Crippen LogP contribution in [0.25, 0.3) is 0 Å². The van der Waals surface area contributed by atoms with Crippen LogP contribution in [0.1, 0.15) is 5.56 Å². The Hall–Kier alpha value is -1.62. The van der Waals surface area contributed by atoms with Gasteiger partial charge < -0.3 is 5.32 Å². The van der Waals surface area contributed by atoms with Crippen LogP contribution in [0.4, 0.5) is 5.82 Å². The highest BCUT2D eigenvalue weighted by Gasteiger charge is 1.96. The summed E-state index contributed by atoms with van der Waals surface area (Å²) >= 11 is 5.63. The van der Waals surface area contributed by atoms with E-state index in [1.165, 1.54) is 0 Å². The molecule has 84 valence electrons. The van der Waals surface area contributed by atoms with Crippen LogP contribution < -0.4 is 5.32 Å². The van der Waals surface area contributed by atoms with Gasteiger partial charge in [0.25, 0.3) is 0 Å². The van der Waals surface area contributed by atoms with Crippen LogP contribution in [0.2, 0.25) is 5.15 Å². The Morgan fingerprint density at radius 3 is 2.88 bits per heavy atom. The quantitative estimate of drug-likeness (QED) is 0.880. The van der Waals surface area contributed by atoms with E-state index in [9.17, 15) is 0 Å². The van der Waals surface area contributed by atoms with Crippen molar-refractivity contribution in [3.05, 3.63) is 35.2 Å². The maximum Gasteiger partial charge on any atom is 0.151 e. The molecule has 0 amide bonds. The first-order chi connectivity index (χ1) is 7.74. The van der Waals surface area contributed by atoms with Crippen LogP contribution in [0.15, 0.2) is 24.5 Å². The molecule has 0 atom stereocenters.